The average Bonchev–Trinajstić information content (AvgIpc) is 2.14. The molecule has 3 heteroatoms. The highest BCUT2D eigenvalue weighted by Gasteiger charge is 1.96. The molecule has 0 aliphatic carbocycles. The highest BCUT2D eigenvalue weighted by Crippen LogP contribution is 1.93. The zero-order chi connectivity index (χ0) is 5.11. The van der Waals surface area contributed by atoms with E-state index in [9.17, 15) is 4.79 Å². The smallest absolute Gasteiger partial charge is 0.284 e. The van der Waals surface area contributed by atoms with Crippen LogP contribution in [0, 0.1) is 0 Å². The van der Waals surface area contributed by atoms with Crippen molar-refractivity contribution in [2.45, 2.75) is 0 Å². The lowest BCUT2D eigenvalue weighted by Gasteiger charge is -1.85. The molecule has 0 aromatic carbocycles. The third-order valence-corrected chi connectivity index (χ3v) is 0.561. The lowest BCUT2D eigenvalue weighted by molar-refractivity contribution is 0.359. The van der Waals surface area contributed by atoms with Crippen molar-refractivity contribution in [2.75, 3.05) is 0 Å². The molecule has 1 aliphatic rings. The van der Waals surface area contributed by atoms with Gasteiger partial charge in [0.05, 0.1) is 0 Å². The van der Waals surface area contributed by atoms with E-state index in [2.05, 4.69) is 10.1 Å². The van der Waals surface area contributed by atoms with E-state index in [1.54, 1.807) is 0 Å². The minimum Gasteiger partial charge on any atom is -0.438 e. The molecular weight excluding hydrogens is 94.0 g/mol. The molecule has 0 spiro atoms. The highest BCUT2D eigenvalue weighted by molar-refractivity contribution is 5.49. The minimum absolute atomic E-state index is 0.125. The summed E-state index contributed by atoms with van der Waals surface area (Å²) in [6, 6.07) is 0. The summed E-state index contributed by atoms with van der Waals surface area (Å²) in [5.74, 6) is 1.66. The highest BCUT2D eigenvalue weighted by atomic mass is 16.5. The van der Waals surface area contributed by atoms with E-state index < -0.39 is 0 Å². The Bertz CT molecular complexity index is 134. The Morgan fingerprint density at radius 2 is 2.71 bits per heavy atom. The summed E-state index contributed by atoms with van der Waals surface area (Å²) in [5.41, 5.74) is 0. The van der Waals surface area contributed by atoms with E-state index >= 15 is 0 Å². The minimum atomic E-state index is 0.125. The van der Waals surface area contributed by atoms with Crippen molar-refractivity contribution in [1.82, 2.24) is 5.32 Å². The van der Waals surface area contributed by atoms with Crippen LogP contribution in [0.3, 0.4) is 0 Å². The van der Waals surface area contributed by atoms with Crippen molar-refractivity contribution in [3.63, 3.8) is 0 Å². The number of hydrogen-bond donors (Lipinski definition) is 1. The van der Waals surface area contributed by atoms with Crippen molar-refractivity contribution in [1.29, 1.82) is 0 Å². The van der Waals surface area contributed by atoms with Gasteiger partial charge in [0, 0.05) is 6.20 Å². The molecule has 36 valence electrons. The van der Waals surface area contributed by atoms with Crippen LogP contribution in [0.1, 0.15) is 0 Å². The van der Waals surface area contributed by atoms with Crippen LogP contribution < -0.4 is 5.32 Å². The SMILES string of the molecule is O=C=C1NC=CO1. The molecule has 0 saturated heterocycles. The molecule has 0 aromatic heterocycles. The number of hydrogen-bond acceptors (Lipinski definition) is 3. The fourth-order valence-corrected chi connectivity index (χ4v) is 0.299. The number of ether oxygens (including phenoxy) is 1. The van der Waals surface area contributed by atoms with Crippen molar-refractivity contribution >= 4 is 5.94 Å². The molecule has 0 amide bonds. The topological polar surface area (TPSA) is 38.3 Å². The second-order valence-corrected chi connectivity index (χ2v) is 0.996. The van der Waals surface area contributed by atoms with Crippen LogP contribution in [0.25, 0.3) is 0 Å². The Morgan fingerprint density at radius 3 is 3.00 bits per heavy atom. The van der Waals surface area contributed by atoms with Gasteiger partial charge < -0.3 is 10.1 Å². The third kappa shape index (κ3) is 0.614. The first-order valence-corrected chi connectivity index (χ1v) is 1.77. The molecule has 0 saturated carbocycles. The van der Waals surface area contributed by atoms with Crippen LogP contribution in [-0.2, 0) is 9.53 Å². The Hall–Kier alpha value is -1.21. The first-order valence-electron chi connectivity index (χ1n) is 1.77. The van der Waals surface area contributed by atoms with Crippen LogP contribution >= 0.6 is 0 Å². The van der Waals surface area contributed by atoms with Crippen LogP contribution in [0.2, 0.25) is 0 Å². The first-order chi connectivity index (χ1) is 3.43. The van der Waals surface area contributed by atoms with Crippen molar-refractivity contribution in [2.24, 2.45) is 0 Å². The maximum Gasteiger partial charge on any atom is 0.284 e. The molecule has 1 rings (SSSR count). The van der Waals surface area contributed by atoms with Gasteiger partial charge in [-0.15, -0.1) is 0 Å². The lowest BCUT2D eigenvalue weighted by Crippen LogP contribution is -1.98. The molecule has 0 atom stereocenters. The second-order valence-electron chi connectivity index (χ2n) is 0.996. The largest absolute Gasteiger partial charge is 0.438 e. The van der Waals surface area contributed by atoms with Crippen molar-refractivity contribution < 1.29 is 9.53 Å². The predicted molar refractivity (Wildman–Crippen MR) is 22.6 cm³/mol. The van der Waals surface area contributed by atoms with Crippen molar-refractivity contribution in [3.8, 4) is 0 Å². The van der Waals surface area contributed by atoms with Crippen LogP contribution in [0.15, 0.2) is 18.3 Å². The van der Waals surface area contributed by atoms with Gasteiger partial charge in [0.15, 0.2) is 5.94 Å². The molecule has 0 fully saturated rings. The van der Waals surface area contributed by atoms with Gasteiger partial charge in [-0.3, -0.25) is 0 Å². The maximum absolute atomic E-state index is 9.62. The van der Waals surface area contributed by atoms with E-state index in [-0.39, 0.29) is 5.88 Å². The summed E-state index contributed by atoms with van der Waals surface area (Å²) < 4.78 is 4.50. The summed E-state index contributed by atoms with van der Waals surface area (Å²) in [6.07, 6.45) is 2.89. The number of carbonyl (C=O) groups excluding carboxylic acids is 1. The zero-order valence-electron chi connectivity index (χ0n) is 3.47. The zero-order valence-corrected chi connectivity index (χ0v) is 3.47. The molecule has 1 N–H and O–H groups in total. The molecule has 1 heterocycles. The van der Waals surface area contributed by atoms with Crippen LogP contribution in [-0.4, -0.2) is 5.94 Å². The van der Waals surface area contributed by atoms with E-state index in [1.807, 2.05) is 0 Å². The van der Waals surface area contributed by atoms with Gasteiger partial charge in [0.2, 0.25) is 0 Å². The quantitative estimate of drug-likeness (QED) is 0.423. The van der Waals surface area contributed by atoms with Crippen molar-refractivity contribution in [3.05, 3.63) is 18.3 Å². The summed E-state index contributed by atoms with van der Waals surface area (Å²) in [7, 11) is 0. The van der Waals surface area contributed by atoms with E-state index in [0.29, 0.717) is 0 Å². The van der Waals surface area contributed by atoms with Gasteiger partial charge in [-0.25, -0.2) is 4.79 Å². The predicted octanol–water partition coefficient (Wildman–Crippen LogP) is -0.250. The maximum atomic E-state index is 9.62. The normalized spacial score (nSPS) is 15.1. The van der Waals surface area contributed by atoms with E-state index in [4.69, 9.17) is 0 Å². The lowest BCUT2D eigenvalue weighted by atomic mass is 10.9. The Labute approximate surface area is 40.3 Å². The van der Waals surface area contributed by atoms with Gasteiger partial charge in [0.1, 0.15) is 6.26 Å². The van der Waals surface area contributed by atoms with Gasteiger partial charge in [-0.1, -0.05) is 0 Å². The van der Waals surface area contributed by atoms with E-state index in [1.165, 1.54) is 18.4 Å². The van der Waals surface area contributed by atoms with Gasteiger partial charge in [-0.2, -0.15) is 0 Å². The van der Waals surface area contributed by atoms with E-state index in [0.717, 1.165) is 0 Å². The fraction of sp³-hybridized carbons (Fsp3) is 0. The van der Waals surface area contributed by atoms with Crippen LogP contribution in [0.4, 0.5) is 0 Å². The first kappa shape index (κ1) is 3.96. The summed E-state index contributed by atoms with van der Waals surface area (Å²) in [6.45, 7) is 0. The Balaban J connectivity index is 2.68. The fourth-order valence-electron chi connectivity index (χ4n) is 0.299. The van der Waals surface area contributed by atoms with Gasteiger partial charge in [0.25, 0.3) is 5.88 Å². The summed E-state index contributed by atoms with van der Waals surface area (Å²) in [5, 5.41) is 2.50. The molecule has 1 aliphatic heterocycles. The molecule has 7 heavy (non-hydrogen) atoms. The molecule has 0 unspecified atom stereocenters. The Kier molecular flexibility index (Phi) is 0.845. The molecule has 3 nitrogen and oxygen atoms in total. The van der Waals surface area contributed by atoms with Crippen LogP contribution in [0.5, 0.6) is 0 Å². The second kappa shape index (κ2) is 1.49. The molecule has 0 radical (unpaired) electrons. The third-order valence-electron chi connectivity index (χ3n) is 0.561. The van der Waals surface area contributed by atoms with Gasteiger partial charge in [-0.05, 0) is 0 Å². The molecule has 0 aromatic rings. The number of rotatable bonds is 0. The molecule has 0 bridgehead atoms. The summed E-state index contributed by atoms with van der Waals surface area (Å²) >= 11 is 0. The Morgan fingerprint density at radius 1 is 1.86 bits per heavy atom. The standard InChI is InChI=1S/C4H3NO2/c6-3-4-5-1-2-7-4/h1-2,5H. The molecular formula is C4H3NO2. The summed E-state index contributed by atoms with van der Waals surface area (Å²) in [4.78, 5) is 9.62. The van der Waals surface area contributed by atoms with Gasteiger partial charge >= 0.3 is 0 Å². The number of nitrogens with one attached hydrogen (secondary N) is 1. The monoisotopic (exact) mass is 97.0 g/mol. The average molecular weight is 97.1 g/mol.